The zero-order chi connectivity index (χ0) is 29.3. The third-order valence-electron chi connectivity index (χ3n) is 7.05. The monoisotopic (exact) mass is 569 g/mol. The van der Waals surface area contributed by atoms with E-state index in [1.54, 1.807) is 6.07 Å². The van der Waals surface area contributed by atoms with Crippen LogP contribution in [0.4, 0.5) is 0 Å². The molecule has 0 atom stereocenters. The summed E-state index contributed by atoms with van der Waals surface area (Å²) in [6, 6.07) is 12.5. The quantitative estimate of drug-likeness (QED) is 0.191. The molecule has 0 aliphatic heterocycles. The zero-order valence-electron chi connectivity index (χ0n) is 23.8. The van der Waals surface area contributed by atoms with Crippen molar-refractivity contribution < 1.29 is 38.8 Å². The number of aromatic carboxylic acids is 1. The van der Waals surface area contributed by atoms with Gasteiger partial charge in [0.05, 0.1) is 31.3 Å². The van der Waals surface area contributed by atoms with Gasteiger partial charge in [0.15, 0.2) is 0 Å². The molecule has 0 radical (unpaired) electrons. The summed E-state index contributed by atoms with van der Waals surface area (Å²) in [5.41, 5.74) is 1.70. The van der Waals surface area contributed by atoms with Gasteiger partial charge in [-0.15, -0.1) is 0 Å². The molecule has 3 N–H and O–H groups in total. The molecule has 0 saturated heterocycles. The lowest BCUT2D eigenvalue weighted by atomic mass is 9.98. The molecule has 1 fully saturated rings. The number of unbranched alkanes of at least 4 members (excludes halogenated alkanes) is 1. The standard InChI is InChI=1S/C32H43NO8/c34-30(33-18-6-11-31(35)36)23-26-22-25(32(37)38)14-17-29(26)41-21-7-8-24-12-15-28(16-13-24)40-20-5-4-19-39-27-9-2-1-3-10-27/h12-17,22,27H,1-11,18-21,23H2,(H,33,34)(H,35,36)(H,37,38). The highest BCUT2D eigenvalue weighted by molar-refractivity contribution is 5.89. The Bertz CT molecular complexity index is 1100. The maximum Gasteiger partial charge on any atom is 0.335 e. The van der Waals surface area contributed by atoms with Crippen molar-refractivity contribution in [2.45, 2.75) is 83.2 Å². The number of aryl methyl sites for hydroxylation is 1. The zero-order valence-corrected chi connectivity index (χ0v) is 23.8. The third-order valence-corrected chi connectivity index (χ3v) is 7.05. The summed E-state index contributed by atoms with van der Waals surface area (Å²) in [6.07, 6.45) is 10.5. The number of rotatable bonds is 19. The molecule has 0 unspecified atom stereocenters. The number of ether oxygens (including phenoxy) is 3. The van der Waals surface area contributed by atoms with E-state index in [2.05, 4.69) is 5.32 Å². The van der Waals surface area contributed by atoms with E-state index in [1.165, 1.54) is 44.2 Å². The predicted molar refractivity (Wildman–Crippen MR) is 155 cm³/mol. The van der Waals surface area contributed by atoms with Gasteiger partial charge in [-0.2, -0.15) is 0 Å². The number of hydrogen-bond donors (Lipinski definition) is 3. The first-order valence-corrected chi connectivity index (χ1v) is 14.7. The second-order valence-electron chi connectivity index (χ2n) is 10.4. The van der Waals surface area contributed by atoms with Crippen molar-refractivity contribution in [2.75, 3.05) is 26.4 Å². The minimum atomic E-state index is -1.09. The van der Waals surface area contributed by atoms with Crippen molar-refractivity contribution in [3.8, 4) is 11.5 Å². The van der Waals surface area contributed by atoms with E-state index in [9.17, 15) is 19.5 Å². The number of carbonyl (C=O) groups is 3. The number of nitrogens with one attached hydrogen (secondary N) is 1. The molecule has 1 aliphatic carbocycles. The normalized spacial score (nSPS) is 13.5. The summed E-state index contributed by atoms with van der Waals surface area (Å²) in [5, 5.41) is 20.7. The van der Waals surface area contributed by atoms with Crippen LogP contribution in [0.15, 0.2) is 42.5 Å². The molecule has 9 heteroatoms. The second-order valence-corrected chi connectivity index (χ2v) is 10.4. The van der Waals surface area contributed by atoms with Crippen LogP contribution in [-0.4, -0.2) is 60.5 Å². The lowest BCUT2D eigenvalue weighted by Gasteiger charge is -2.21. The molecular weight excluding hydrogens is 526 g/mol. The van der Waals surface area contributed by atoms with Crippen LogP contribution in [-0.2, 0) is 27.2 Å². The van der Waals surface area contributed by atoms with Gasteiger partial charge >= 0.3 is 11.9 Å². The minimum Gasteiger partial charge on any atom is -0.494 e. The molecule has 224 valence electrons. The predicted octanol–water partition coefficient (Wildman–Crippen LogP) is 5.43. The summed E-state index contributed by atoms with van der Waals surface area (Å²) >= 11 is 0. The van der Waals surface area contributed by atoms with Gasteiger partial charge < -0.3 is 29.7 Å². The summed E-state index contributed by atoms with van der Waals surface area (Å²) < 4.78 is 17.7. The number of aliphatic carboxylic acids is 1. The van der Waals surface area contributed by atoms with E-state index in [-0.39, 0.29) is 30.9 Å². The van der Waals surface area contributed by atoms with Crippen LogP contribution in [0.5, 0.6) is 11.5 Å². The van der Waals surface area contributed by atoms with Crippen LogP contribution < -0.4 is 14.8 Å². The molecule has 0 aromatic heterocycles. The van der Waals surface area contributed by atoms with Gasteiger partial charge in [0, 0.05) is 25.1 Å². The summed E-state index contributed by atoms with van der Waals surface area (Å²) in [7, 11) is 0. The van der Waals surface area contributed by atoms with Crippen LogP contribution >= 0.6 is 0 Å². The molecular formula is C32H43NO8. The van der Waals surface area contributed by atoms with Gasteiger partial charge in [0.2, 0.25) is 5.91 Å². The molecule has 1 aliphatic rings. The van der Waals surface area contributed by atoms with E-state index in [4.69, 9.17) is 19.3 Å². The maximum absolute atomic E-state index is 12.3. The second kappa shape index (κ2) is 18.0. The molecule has 2 aromatic rings. The summed E-state index contributed by atoms with van der Waals surface area (Å²) in [4.78, 5) is 34.4. The number of benzene rings is 2. The van der Waals surface area contributed by atoms with E-state index in [0.29, 0.717) is 37.1 Å². The first-order chi connectivity index (χ1) is 19.9. The Morgan fingerprint density at radius 3 is 2.29 bits per heavy atom. The first kappa shape index (κ1) is 31.9. The average molecular weight is 570 g/mol. The Balaban J connectivity index is 1.35. The molecule has 1 amide bonds. The van der Waals surface area contributed by atoms with Crippen molar-refractivity contribution in [1.29, 1.82) is 0 Å². The van der Waals surface area contributed by atoms with E-state index < -0.39 is 11.9 Å². The van der Waals surface area contributed by atoms with Crippen molar-refractivity contribution >= 4 is 17.8 Å². The van der Waals surface area contributed by atoms with Gasteiger partial charge in [-0.1, -0.05) is 31.4 Å². The lowest BCUT2D eigenvalue weighted by Crippen LogP contribution is -2.26. The smallest absolute Gasteiger partial charge is 0.335 e. The van der Waals surface area contributed by atoms with Crippen LogP contribution in [0, 0.1) is 0 Å². The van der Waals surface area contributed by atoms with Gasteiger partial charge in [0.1, 0.15) is 11.5 Å². The van der Waals surface area contributed by atoms with E-state index in [0.717, 1.165) is 43.6 Å². The number of amides is 1. The maximum atomic E-state index is 12.3. The average Bonchev–Trinajstić information content (AvgIpc) is 2.97. The van der Waals surface area contributed by atoms with Gasteiger partial charge in [-0.3, -0.25) is 9.59 Å². The Labute approximate surface area is 242 Å². The van der Waals surface area contributed by atoms with Crippen LogP contribution in [0.2, 0.25) is 0 Å². The first-order valence-electron chi connectivity index (χ1n) is 14.7. The molecule has 2 aromatic carbocycles. The van der Waals surface area contributed by atoms with Crippen molar-refractivity contribution in [1.82, 2.24) is 5.32 Å². The molecule has 3 rings (SSSR count). The van der Waals surface area contributed by atoms with Crippen LogP contribution in [0.3, 0.4) is 0 Å². The van der Waals surface area contributed by atoms with Crippen molar-refractivity contribution in [3.05, 3.63) is 59.2 Å². The highest BCUT2D eigenvalue weighted by Gasteiger charge is 2.14. The fraction of sp³-hybridized carbons (Fsp3) is 0.531. The topological polar surface area (TPSA) is 131 Å². The number of hydrogen-bond acceptors (Lipinski definition) is 6. The Kier molecular flexibility index (Phi) is 14.0. The summed E-state index contributed by atoms with van der Waals surface area (Å²) in [5.74, 6) is -1.02. The number of carboxylic acids is 2. The molecule has 41 heavy (non-hydrogen) atoms. The van der Waals surface area contributed by atoms with Crippen LogP contribution in [0.1, 0.15) is 85.7 Å². The van der Waals surface area contributed by atoms with Crippen molar-refractivity contribution in [3.63, 3.8) is 0 Å². The fourth-order valence-corrected chi connectivity index (χ4v) is 4.78. The highest BCUT2D eigenvalue weighted by atomic mass is 16.5. The fourth-order valence-electron chi connectivity index (χ4n) is 4.78. The number of carboxylic acid groups (broad SMARTS) is 2. The lowest BCUT2D eigenvalue weighted by molar-refractivity contribution is -0.137. The van der Waals surface area contributed by atoms with Crippen LogP contribution in [0.25, 0.3) is 0 Å². The SMILES string of the molecule is O=C(O)CCCNC(=O)Cc1cc(C(=O)O)ccc1OCCCc1ccc(OCCCCOC2CCCCC2)cc1. The third kappa shape index (κ3) is 12.6. The number of carbonyl (C=O) groups excluding carboxylic acids is 1. The molecule has 9 nitrogen and oxygen atoms in total. The molecule has 0 spiro atoms. The molecule has 0 bridgehead atoms. The van der Waals surface area contributed by atoms with Gasteiger partial charge in [-0.25, -0.2) is 4.79 Å². The largest absolute Gasteiger partial charge is 0.494 e. The minimum absolute atomic E-state index is 0.0327. The Hall–Kier alpha value is -3.59. The highest BCUT2D eigenvalue weighted by Crippen LogP contribution is 2.23. The molecule has 0 heterocycles. The Morgan fingerprint density at radius 1 is 0.829 bits per heavy atom. The van der Waals surface area contributed by atoms with E-state index in [1.807, 2.05) is 24.3 Å². The summed E-state index contributed by atoms with van der Waals surface area (Å²) in [6.45, 7) is 2.12. The van der Waals surface area contributed by atoms with Crippen molar-refractivity contribution in [2.24, 2.45) is 0 Å². The Morgan fingerprint density at radius 2 is 1.56 bits per heavy atom. The van der Waals surface area contributed by atoms with Gasteiger partial charge in [-0.05, 0) is 80.8 Å². The van der Waals surface area contributed by atoms with E-state index >= 15 is 0 Å². The molecule has 1 saturated carbocycles. The van der Waals surface area contributed by atoms with Gasteiger partial charge in [0.25, 0.3) is 0 Å².